The van der Waals surface area contributed by atoms with E-state index in [9.17, 15) is 9.59 Å². The summed E-state index contributed by atoms with van der Waals surface area (Å²) in [5.74, 6) is 0.853. The van der Waals surface area contributed by atoms with E-state index in [1.165, 1.54) is 22.2 Å². The number of carbonyl (C=O) groups is 2. The van der Waals surface area contributed by atoms with Gasteiger partial charge in [0, 0.05) is 40.9 Å². The summed E-state index contributed by atoms with van der Waals surface area (Å²) in [6.45, 7) is 3.08. The number of nitrogens with one attached hydrogen (secondary N) is 1. The lowest BCUT2D eigenvalue weighted by Crippen LogP contribution is -2.38. The number of fused-ring (bicyclic) bond motifs is 4. The van der Waals surface area contributed by atoms with Crippen LogP contribution in [0.4, 0.5) is 11.5 Å². The van der Waals surface area contributed by atoms with E-state index in [2.05, 4.69) is 21.4 Å². The fraction of sp³-hybridized carbons (Fsp3) is 0.375. The second-order valence-electron chi connectivity index (χ2n) is 8.27. The predicted octanol–water partition coefficient (Wildman–Crippen LogP) is 4.48. The molecule has 168 valence electrons. The number of nitriles is 1. The van der Waals surface area contributed by atoms with E-state index in [1.54, 1.807) is 22.6 Å². The molecule has 2 aliphatic rings. The molecule has 1 atom stereocenters. The molecule has 1 aliphatic carbocycles. The van der Waals surface area contributed by atoms with Crippen LogP contribution in [0.3, 0.4) is 0 Å². The number of hydrogen-bond donors (Lipinski definition) is 1. The highest BCUT2D eigenvalue weighted by Gasteiger charge is 2.31. The Balaban J connectivity index is 1.40. The van der Waals surface area contributed by atoms with E-state index in [-0.39, 0.29) is 16.9 Å². The van der Waals surface area contributed by atoms with Crippen LogP contribution in [0.5, 0.6) is 0 Å². The molecule has 0 spiro atoms. The average molecular weight is 478 g/mol. The number of benzene rings is 1. The Bertz CT molecular complexity index is 1300. The Morgan fingerprint density at radius 1 is 1.36 bits per heavy atom. The van der Waals surface area contributed by atoms with Gasteiger partial charge < -0.3 is 10.2 Å². The molecule has 7 nitrogen and oxygen atoms in total. The summed E-state index contributed by atoms with van der Waals surface area (Å²) >= 11 is 2.93. The molecule has 1 amide bonds. The van der Waals surface area contributed by atoms with Gasteiger partial charge in [-0.25, -0.2) is 9.97 Å². The number of nitrogens with zero attached hydrogens (tertiary/aromatic N) is 4. The number of aromatic nitrogens is 2. The quantitative estimate of drug-likeness (QED) is 0.559. The third kappa shape index (κ3) is 4.21. The predicted molar refractivity (Wildman–Crippen MR) is 130 cm³/mol. The summed E-state index contributed by atoms with van der Waals surface area (Å²) in [6, 6.07) is 8.13. The molecule has 9 heteroatoms. The van der Waals surface area contributed by atoms with Crippen molar-refractivity contribution in [3.8, 4) is 6.07 Å². The summed E-state index contributed by atoms with van der Waals surface area (Å²) in [7, 11) is 0. The highest BCUT2D eigenvalue weighted by molar-refractivity contribution is 8.14. The van der Waals surface area contributed by atoms with E-state index in [0.717, 1.165) is 45.0 Å². The van der Waals surface area contributed by atoms with Gasteiger partial charge in [0.15, 0.2) is 5.12 Å². The smallest absolute Gasteiger partial charge is 0.226 e. The van der Waals surface area contributed by atoms with Crippen LogP contribution in [0, 0.1) is 17.2 Å². The van der Waals surface area contributed by atoms with Gasteiger partial charge in [0.25, 0.3) is 0 Å². The molecule has 0 saturated carbocycles. The molecule has 0 radical (unpaired) electrons. The lowest BCUT2D eigenvalue weighted by Gasteiger charge is -2.28. The van der Waals surface area contributed by atoms with Crippen molar-refractivity contribution in [2.75, 3.05) is 18.4 Å². The summed E-state index contributed by atoms with van der Waals surface area (Å²) < 4.78 is 0. The molecule has 0 fully saturated rings. The van der Waals surface area contributed by atoms with Crippen molar-refractivity contribution >= 4 is 55.8 Å². The van der Waals surface area contributed by atoms with E-state index in [4.69, 9.17) is 5.26 Å². The highest BCUT2D eigenvalue weighted by atomic mass is 32.2. The number of carbonyl (C=O) groups excluding carboxylic acids is 2. The second kappa shape index (κ2) is 9.12. The summed E-state index contributed by atoms with van der Waals surface area (Å²) in [5, 5.41) is 13.5. The van der Waals surface area contributed by atoms with Crippen molar-refractivity contribution < 1.29 is 9.59 Å². The fourth-order valence-electron chi connectivity index (χ4n) is 4.61. The maximum Gasteiger partial charge on any atom is 0.226 e. The standard InChI is InChI=1S/C24H23N5O2S2/c1-2-29(9-3-8-25)24(31)15-5-7-17-19(10-15)33-23-21(17)22(26-13-27-23)28-16-6-4-14-11-20(30)32-18(14)12-16/h4,6,12-13,15H,2-3,5,7,9-11H2,1H3,(H,26,27,28). The van der Waals surface area contributed by atoms with Crippen molar-refractivity contribution in [1.29, 1.82) is 5.26 Å². The maximum absolute atomic E-state index is 13.0. The SMILES string of the molecule is CCN(CCC#N)C(=O)C1CCc2c(sc3ncnc(Nc4ccc5c(c4)SC(=O)C5)c23)C1. The van der Waals surface area contributed by atoms with Crippen LogP contribution >= 0.6 is 23.1 Å². The molecule has 2 aromatic heterocycles. The molecule has 1 N–H and O–H groups in total. The van der Waals surface area contributed by atoms with Gasteiger partial charge in [0.1, 0.15) is 17.0 Å². The zero-order valence-electron chi connectivity index (χ0n) is 18.3. The average Bonchev–Trinajstić information content (AvgIpc) is 3.38. The number of rotatable bonds is 6. The molecule has 1 unspecified atom stereocenters. The molecular formula is C24H23N5O2S2. The van der Waals surface area contributed by atoms with Gasteiger partial charge in [-0.15, -0.1) is 11.3 Å². The Labute approximate surface area is 200 Å². The molecule has 1 aromatic carbocycles. The third-order valence-corrected chi connectivity index (χ3v) is 8.40. The first-order valence-corrected chi connectivity index (χ1v) is 12.7. The maximum atomic E-state index is 13.0. The molecule has 0 saturated heterocycles. The first-order valence-electron chi connectivity index (χ1n) is 11.1. The van der Waals surface area contributed by atoms with E-state index < -0.39 is 0 Å². The fourth-order valence-corrected chi connectivity index (χ4v) is 6.80. The minimum atomic E-state index is -0.0557. The van der Waals surface area contributed by atoms with Crippen LogP contribution in [0.25, 0.3) is 10.2 Å². The molecule has 0 bridgehead atoms. The Hall–Kier alpha value is -2.96. The van der Waals surface area contributed by atoms with Crippen LogP contribution in [-0.4, -0.2) is 39.0 Å². The summed E-state index contributed by atoms with van der Waals surface area (Å²) in [5.41, 5.74) is 3.20. The van der Waals surface area contributed by atoms with E-state index in [0.29, 0.717) is 32.4 Å². The van der Waals surface area contributed by atoms with Gasteiger partial charge in [-0.05, 0) is 49.4 Å². The Kier molecular flexibility index (Phi) is 6.04. The van der Waals surface area contributed by atoms with E-state index >= 15 is 0 Å². The van der Waals surface area contributed by atoms with Crippen molar-refractivity contribution in [2.24, 2.45) is 5.92 Å². The monoisotopic (exact) mass is 477 g/mol. The van der Waals surface area contributed by atoms with Gasteiger partial charge in [0.05, 0.1) is 17.9 Å². The molecular weight excluding hydrogens is 454 g/mol. The molecule has 3 aromatic rings. The Morgan fingerprint density at radius 2 is 2.24 bits per heavy atom. The van der Waals surface area contributed by atoms with E-state index in [1.807, 2.05) is 25.1 Å². The number of anilines is 2. The lowest BCUT2D eigenvalue weighted by atomic mass is 9.86. The summed E-state index contributed by atoms with van der Waals surface area (Å²) in [6.07, 6.45) is 4.71. The van der Waals surface area contributed by atoms with Crippen LogP contribution in [0.1, 0.15) is 35.8 Å². The minimum absolute atomic E-state index is 0.0557. The number of hydrogen-bond acceptors (Lipinski definition) is 8. The molecule has 3 heterocycles. The van der Waals surface area contributed by atoms with Crippen molar-refractivity contribution in [1.82, 2.24) is 14.9 Å². The van der Waals surface area contributed by atoms with Crippen LogP contribution < -0.4 is 5.32 Å². The van der Waals surface area contributed by atoms with Crippen LogP contribution in [-0.2, 0) is 28.9 Å². The van der Waals surface area contributed by atoms with Gasteiger partial charge in [0.2, 0.25) is 5.91 Å². The Morgan fingerprint density at radius 3 is 3.06 bits per heavy atom. The topological polar surface area (TPSA) is 99.0 Å². The third-order valence-electron chi connectivity index (χ3n) is 6.27. The first-order chi connectivity index (χ1) is 16.1. The zero-order chi connectivity index (χ0) is 22.9. The normalized spacial score (nSPS) is 16.8. The van der Waals surface area contributed by atoms with Crippen LogP contribution in [0.2, 0.25) is 0 Å². The largest absolute Gasteiger partial charge is 0.342 e. The number of thiophene rings is 1. The highest BCUT2D eigenvalue weighted by Crippen LogP contribution is 2.41. The number of thioether (sulfide) groups is 1. The van der Waals surface area contributed by atoms with Gasteiger partial charge in [-0.2, -0.15) is 5.26 Å². The van der Waals surface area contributed by atoms with Crippen molar-refractivity contribution in [2.45, 2.75) is 43.9 Å². The minimum Gasteiger partial charge on any atom is -0.342 e. The molecule has 5 rings (SSSR count). The second-order valence-corrected chi connectivity index (χ2v) is 10.5. The molecule has 33 heavy (non-hydrogen) atoms. The van der Waals surface area contributed by atoms with Crippen LogP contribution in [0.15, 0.2) is 29.4 Å². The summed E-state index contributed by atoms with van der Waals surface area (Å²) in [4.78, 5) is 38.7. The molecule has 1 aliphatic heterocycles. The number of amides is 1. The van der Waals surface area contributed by atoms with Crippen molar-refractivity contribution in [3.05, 3.63) is 40.5 Å². The van der Waals surface area contributed by atoms with Gasteiger partial charge in [-0.1, -0.05) is 17.8 Å². The van der Waals surface area contributed by atoms with Gasteiger partial charge >= 0.3 is 0 Å². The lowest BCUT2D eigenvalue weighted by molar-refractivity contribution is -0.135. The van der Waals surface area contributed by atoms with Crippen molar-refractivity contribution in [3.63, 3.8) is 0 Å². The van der Waals surface area contributed by atoms with Gasteiger partial charge in [-0.3, -0.25) is 9.59 Å². The zero-order valence-corrected chi connectivity index (χ0v) is 19.9. The number of aryl methyl sites for hydroxylation is 1. The first kappa shape index (κ1) is 21.9.